The maximum Gasteiger partial charge on any atom is 0.141 e. The van der Waals surface area contributed by atoms with Gasteiger partial charge in [-0.2, -0.15) is 0 Å². The van der Waals surface area contributed by atoms with Gasteiger partial charge in [0.2, 0.25) is 0 Å². The first-order chi connectivity index (χ1) is 6.84. The quantitative estimate of drug-likeness (QED) is 0.662. The average molecular weight is 182 g/mol. The van der Waals surface area contributed by atoms with E-state index >= 15 is 0 Å². The second kappa shape index (κ2) is 2.68. The number of hydrogen-bond acceptors (Lipinski definition) is 1. The molecule has 0 bridgehead atoms. The Morgan fingerprint density at radius 3 is 2.36 bits per heavy atom. The van der Waals surface area contributed by atoms with E-state index in [0.29, 0.717) is 5.78 Å². The zero-order valence-electron chi connectivity index (χ0n) is 7.73. The van der Waals surface area contributed by atoms with Crippen LogP contribution >= 0.6 is 0 Å². The second-order valence-corrected chi connectivity index (χ2v) is 3.83. The highest BCUT2D eigenvalue weighted by molar-refractivity contribution is 6.01. The van der Waals surface area contributed by atoms with Crippen molar-refractivity contribution >= 4 is 5.78 Å². The zero-order valence-corrected chi connectivity index (χ0v) is 7.73. The third-order valence-electron chi connectivity index (χ3n) is 2.81. The van der Waals surface area contributed by atoms with Gasteiger partial charge in [0, 0.05) is 12.3 Å². The van der Waals surface area contributed by atoms with E-state index in [4.69, 9.17) is 0 Å². The van der Waals surface area contributed by atoms with Crippen LogP contribution in [0, 0.1) is 0 Å². The fourth-order valence-electron chi connectivity index (χ4n) is 1.88. The van der Waals surface area contributed by atoms with Crippen LogP contribution in [0.15, 0.2) is 42.5 Å². The number of hydrogen-bond donors (Lipinski definition) is 0. The predicted octanol–water partition coefficient (Wildman–Crippen LogP) is 2.85. The number of fused-ring (bicyclic) bond motifs is 1. The van der Waals surface area contributed by atoms with E-state index in [1.807, 2.05) is 12.1 Å². The molecule has 1 heteroatoms. The van der Waals surface area contributed by atoms with Crippen LogP contribution in [0.2, 0.25) is 0 Å². The van der Waals surface area contributed by atoms with Crippen molar-refractivity contribution in [2.24, 2.45) is 0 Å². The van der Waals surface area contributed by atoms with Gasteiger partial charge >= 0.3 is 0 Å². The number of carbonyl (C=O) groups excluding carboxylic acids is 1. The lowest BCUT2D eigenvalue weighted by Crippen LogP contribution is -1.77. The molecule has 3 rings (SSSR count). The summed E-state index contributed by atoms with van der Waals surface area (Å²) in [6.07, 6.45) is 0.728. The molecule has 1 saturated carbocycles. The second-order valence-electron chi connectivity index (χ2n) is 3.83. The fraction of sp³-hybridized carbons (Fsp3) is 0.154. The molecule has 1 unspecified atom stereocenters. The molecule has 1 nitrogen and oxygen atoms in total. The van der Waals surface area contributed by atoms with E-state index in [1.54, 1.807) is 0 Å². The Balaban J connectivity index is 2.14. The average Bonchev–Trinajstić information content (AvgIpc) is 2.80. The van der Waals surface area contributed by atoms with Crippen LogP contribution in [-0.4, -0.2) is 5.78 Å². The molecule has 0 aliphatic heterocycles. The summed E-state index contributed by atoms with van der Waals surface area (Å²) in [6.45, 7) is 0. The summed E-state index contributed by atoms with van der Waals surface area (Å²) in [6, 6.07) is 14.5. The number of carbonyl (C=O) groups is 1. The summed E-state index contributed by atoms with van der Waals surface area (Å²) in [4.78, 5) is 11.1. The van der Waals surface area contributed by atoms with Crippen LogP contribution in [0.1, 0.15) is 17.9 Å². The molecule has 0 aromatic heterocycles. The lowest BCUT2D eigenvalue weighted by Gasteiger charge is -1.92. The van der Waals surface area contributed by atoms with Crippen LogP contribution in [0.4, 0.5) is 0 Å². The first-order valence-electron chi connectivity index (χ1n) is 4.86. The van der Waals surface area contributed by atoms with Crippen molar-refractivity contribution in [2.75, 3.05) is 0 Å². The highest BCUT2D eigenvalue weighted by Crippen LogP contribution is 2.37. The van der Waals surface area contributed by atoms with Gasteiger partial charge in [-0.15, -0.1) is 0 Å². The summed E-state index contributed by atoms with van der Waals surface area (Å²) >= 11 is 0. The number of Topliss-reactive ketones (excluding diaryl/α,β-unsaturated/α-hetero) is 1. The van der Waals surface area contributed by atoms with Crippen molar-refractivity contribution in [3.63, 3.8) is 0 Å². The lowest BCUT2D eigenvalue weighted by molar-refractivity contribution is -0.110. The van der Waals surface area contributed by atoms with Gasteiger partial charge in [-0.05, 0) is 16.7 Å². The molecule has 0 amide bonds. The van der Waals surface area contributed by atoms with Crippen molar-refractivity contribution < 1.29 is 4.79 Å². The van der Waals surface area contributed by atoms with Gasteiger partial charge in [-0.3, -0.25) is 4.79 Å². The first kappa shape index (κ1) is 7.74. The predicted molar refractivity (Wildman–Crippen MR) is 55.4 cm³/mol. The molecular weight excluding hydrogens is 172 g/mol. The molecule has 1 atom stereocenters. The summed E-state index contributed by atoms with van der Waals surface area (Å²) in [7, 11) is 0. The van der Waals surface area contributed by atoms with Crippen LogP contribution in [0.5, 0.6) is 0 Å². The van der Waals surface area contributed by atoms with E-state index in [1.165, 1.54) is 11.1 Å². The van der Waals surface area contributed by atoms with Gasteiger partial charge in [-0.1, -0.05) is 42.5 Å². The molecule has 0 heterocycles. The third-order valence-corrected chi connectivity index (χ3v) is 2.81. The Morgan fingerprint density at radius 1 is 1.00 bits per heavy atom. The van der Waals surface area contributed by atoms with Crippen LogP contribution < -0.4 is 0 Å². The number of rotatable bonds is 1. The molecule has 3 aliphatic rings. The van der Waals surface area contributed by atoms with Gasteiger partial charge in [0.1, 0.15) is 5.78 Å². The summed E-state index contributed by atoms with van der Waals surface area (Å²) in [5.74, 6) is 0.552. The van der Waals surface area contributed by atoms with E-state index in [9.17, 15) is 4.79 Å². The van der Waals surface area contributed by atoms with Crippen LogP contribution in [0.3, 0.4) is 0 Å². The normalized spacial score (nSPS) is 20.0. The van der Waals surface area contributed by atoms with Gasteiger partial charge < -0.3 is 0 Å². The zero-order chi connectivity index (χ0) is 9.54. The molecule has 68 valence electrons. The first-order valence-corrected chi connectivity index (χ1v) is 4.86. The SMILES string of the molecule is O=C1CC1c1cccc2cccc-2c1. The topological polar surface area (TPSA) is 17.1 Å². The molecule has 0 aromatic carbocycles. The van der Waals surface area contributed by atoms with E-state index in [-0.39, 0.29) is 5.92 Å². The minimum absolute atomic E-state index is 0.181. The van der Waals surface area contributed by atoms with Gasteiger partial charge in [0.25, 0.3) is 0 Å². The van der Waals surface area contributed by atoms with Crippen molar-refractivity contribution in [1.82, 2.24) is 0 Å². The summed E-state index contributed by atoms with van der Waals surface area (Å²) < 4.78 is 0. The highest BCUT2D eigenvalue weighted by Gasteiger charge is 2.35. The Bertz CT molecular complexity index is 473. The number of ketones is 1. The molecule has 0 spiro atoms. The van der Waals surface area contributed by atoms with Gasteiger partial charge in [0.05, 0.1) is 0 Å². The van der Waals surface area contributed by atoms with Crippen molar-refractivity contribution in [2.45, 2.75) is 12.3 Å². The Morgan fingerprint density at radius 2 is 1.64 bits per heavy atom. The Hall–Kier alpha value is -1.63. The van der Waals surface area contributed by atoms with Crippen molar-refractivity contribution in [1.29, 1.82) is 0 Å². The molecule has 14 heavy (non-hydrogen) atoms. The maximum atomic E-state index is 11.1. The van der Waals surface area contributed by atoms with E-state index < -0.39 is 0 Å². The Labute approximate surface area is 82.7 Å². The lowest BCUT2D eigenvalue weighted by atomic mass is 10.1. The largest absolute Gasteiger partial charge is 0.299 e. The van der Waals surface area contributed by atoms with Crippen LogP contribution in [0.25, 0.3) is 11.1 Å². The molecule has 0 saturated heterocycles. The van der Waals surface area contributed by atoms with Gasteiger partial charge in [-0.25, -0.2) is 0 Å². The summed E-state index contributed by atoms with van der Waals surface area (Å²) in [5, 5.41) is 0. The monoisotopic (exact) mass is 182 g/mol. The molecule has 0 radical (unpaired) electrons. The standard InChI is InChI=1S/C13H10O/c14-13-8-12(13)11-6-2-4-9-3-1-5-10(9)7-11/h1-7,12H,8H2. The smallest absolute Gasteiger partial charge is 0.141 e. The highest BCUT2D eigenvalue weighted by atomic mass is 16.1. The summed E-state index contributed by atoms with van der Waals surface area (Å²) in [5.41, 5.74) is 3.63. The van der Waals surface area contributed by atoms with E-state index in [0.717, 1.165) is 12.0 Å². The van der Waals surface area contributed by atoms with E-state index in [2.05, 4.69) is 30.3 Å². The van der Waals surface area contributed by atoms with Crippen molar-refractivity contribution in [3.8, 4) is 11.1 Å². The fourth-order valence-corrected chi connectivity index (χ4v) is 1.88. The van der Waals surface area contributed by atoms with Gasteiger partial charge in [0.15, 0.2) is 0 Å². The molecule has 1 fully saturated rings. The molecular formula is C13H10O. The Kier molecular flexibility index (Phi) is 1.48. The minimum atomic E-state index is 0.181. The molecule has 0 N–H and O–H groups in total. The van der Waals surface area contributed by atoms with Crippen LogP contribution in [-0.2, 0) is 4.79 Å². The molecule has 0 aromatic rings. The third kappa shape index (κ3) is 1.13. The minimum Gasteiger partial charge on any atom is -0.299 e. The maximum absolute atomic E-state index is 11.1. The molecule has 3 aliphatic carbocycles. The van der Waals surface area contributed by atoms with Crippen molar-refractivity contribution in [3.05, 3.63) is 48.0 Å².